The molecule has 0 aromatic heterocycles. The minimum absolute atomic E-state index is 0.106. The van der Waals surface area contributed by atoms with E-state index in [1.807, 2.05) is 0 Å². The van der Waals surface area contributed by atoms with Gasteiger partial charge >= 0.3 is 0 Å². The predicted octanol–water partition coefficient (Wildman–Crippen LogP) is 6.16. The number of methoxy groups -OCH3 is 1. The normalized spacial score (nSPS) is 43.7. The van der Waals surface area contributed by atoms with E-state index in [9.17, 15) is 5.11 Å². The molecule has 4 aliphatic carbocycles. The van der Waals surface area contributed by atoms with Gasteiger partial charge in [0.1, 0.15) is 5.75 Å². The number of hydrogen-bond donors (Lipinski definition) is 1. The lowest BCUT2D eigenvalue weighted by molar-refractivity contribution is -0.110. The minimum Gasteiger partial charge on any atom is -0.497 e. The van der Waals surface area contributed by atoms with Crippen LogP contribution in [0.2, 0.25) is 19.6 Å². The van der Waals surface area contributed by atoms with Crippen LogP contribution in [-0.4, -0.2) is 32.2 Å². The molecule has 3 saturated carbocycles. The summed E-state index contributed by atoms with van der Waals surface area (Å²) in [7, 11) is 0.0458. The molecule has 1 N–H and O–H groups in total. The van der Waals surface area contributed by atoms with Crippen molar-refractivity contribution in [3.63, 3.8) is 0 Å². The van der Waals surface area contributed by atoms with E-state index in [1.165, 1.54) is 37.7 Å². The maximum absolute atomic E-state index is 10.7. The summed E-state index contributed by atoms with van der Waals surface area (Å²) in [5.74, 6) is 4.39. The monoisotopic (exact) mass is 442 g/mol. The zero-order valence-corrected chi connectivity index (χ0v) is 21.4. The summed E-state index contributed by atoms with van der Waals surface area (Å²) < 4.78 is 12.7. The summed E-state index contributed by atoms with van der Waals surface area (Å²) in [6.45, 7) is 12.0. The van der Waals surface area contributed by atoms with Crippen LogP contribution in [0, 0.1) is 29.1 Å². The van der Waals surface area contributed by atoms with E-state index in [2.05, 4.69) is 51.7 Å². The summed E-state index contributed by atoms with van der Waals surface area (Å²) in [4.78, 5) is 0. The third kappa shape index (κ3) is 3.19. The number of ether oxygens (including phenoxy) is 1. The summed E-state index contributed by atoms with van der Waals surface area (Å²) in [5.41, 5.74) is 3.20. The first kappa shape index (κ1) is 22.0. The molecule has 0 amide bonds. The van der Waals surface area contributed by atoms with E-state index >= 15 is 0 Å². The van der Waals surface area contributed by atoms with Gasteiger partial charge in [0, 0.05) is 6.42 Å². The van der Waals surface area contributed by atoms with Crippen molar-refractivity contribution in [3.05, 3.63) is 29.3 Å². The average Bonchev–Trinajstić information content (AvgIpc) is 3.13. The summed E-state index contributed by atoms with van der Waals surface area (Å²) in [6.07, 6.45) is 7.79. The van der Waals surface area contributed by atoms with Crippen molar-refractivity contribution in [1.82, 2.24) is 0 Å². The molecule has 172 valence electrons. The molecular formula is C27H42O3Si. The lowest BCUT2D eigenvalue weighted by Gasteiger charge is -2.57. The molecule has 3 fully saturated rings. The number of aliphatic hydroxyl groups is 1. The SMILES string of the molecule is CC[C@@H]1Cc2cc(OC)ccc2C2CC[C@@]3(C)C(C[C@H]4C[C@H](O)C[C@]43O[Si](C)(C)C)C21. The molecule has 4 aliphatic rings. The van der Waals surface area contributed by atoms with Crippen molar-refractivity contribution in [2.45, 2.75) is 96.1 Å². The summed E-state index contributed by atoms with van der Waals surface area (Å²) in [5, 5.41) is 10.7. The molecule has 0 spiro atoms. The van der Waals surface area contributed by atoms with Gasteiger partial charge < -0.3 is 14.3 Å². The number of hydrogen-bond acceptors (Lipinski definition) is 3. The summed E-state index contributed by atoms with van der Waals surface area (Å²) in [6, 6.07) is 6.84. The van der Waals surface area contributed by atoms with Crippen molar-refractivity contribution in [2.24, 2.45) is 29.1 Å². The van der Waals surface area contributed by atoms with Gasteiger partial charge in [-0.05, 0) is 110 Å². The standard InChI is InChI=1S/C27H42O3Si/c1-7-17-12-18-13-21(29-3)8-9-22(18)23-10-11-26(2)24(25(17)23)15-19-14-20(28)16-27(19,26)30-31(4,5)6/h8-9,13,17,19-20,23-25,28H,7,10-12,14-16H2,1-6H3/t17-,19-,20+,23?,24?,25?,26+,27+/m1/s1. The Morgan fingerprint density at radius 3 is 2.65 bits per heavy atom. The Balaban J connectivity index is 1.56. The van der Waals surface area contributed by atoms with Crippen LogP contribution in [-0.2, 0) is 10.8 Å². The highest BCUT2D eigenvalue weighted by molar-refractivity contribution is 6.69. The van der Waals surface area contributed by atoms with Crippen molar-refractivity contribution in [3.8, 4) is 5.75 Å². The van der Waals surface area contributed by atoms with Crippen LogP contribution >= 0.6 is 0 Å². The zero-order chi connectivity index (χ0) is 22.2. The first-order valence-electron chi connectivity index (χ1n) is 12.7. The van der Waals surface area contributed by atoms with E-state index in [0.29, 0.717) is 17.8 Å². The molecule has 0 saturated heterocycles. The van der Waals surface area contributed by atoms with Crippen molar-refractivity contribution < 1.29 is 14.3 Å². The van der Waals surface area contributed by atoms with Crippen LogP contribution in [0.3, 0.4) is 0 Å². The van der Waals surface area contributed by atoms with Gasteiger partial charge in [0.05, 0.1) is 18.8 Å². The maximum Gasteiger partial charge on any atom is 0.184 e. The maximum atomic E-state index is 10.7. The van der Waals surface area contributed by atoms with Crippen molar-refractivity contribution in [2.75, 3.05) is 7.11 Å². The Morgan fingerprint density at radius 2 is 1.97 bits per heavy atom. The first-order chi connectivity index (χ1) is 14.6. The van der Waals surface area contributed by atoms with Gasteiger partial charge in [0.2, 0.25) is 0 Å². The smallest absolute Gasteiger partial charge is 0.184 e. The van der Waals surface area contributed by atoms with Gasteiger partial charge in [-0.1, -0.05) is 26.3 Å². The lowest BCUT2D eigenvalue weighted by Crippen LogP contribution is -2.57. The second-order valence-corrected chi connectivity index (χ2v) is 16.7. The fourth-order valence-corrected chi connectivity index (χ4v) is 10.4. The highest BCUT2D eigenvalue weighted by Crippen LogP contribution is 2.71. The Bertz CT molecular complexity index is 847. The number of benzene rings is 1. The lowest BCUT2D eigenvalue weighted by atomic mass is 9.50. The molecule has 5 rings (SSSR count). The molecular weight excluding hydrogens is 400 g/mol. The predicted molar refractivity (Wildman–Crippen MR) is 128 cm³/mol. The third-order valence-corrected chi connectivity index (χ3v) is 10.7. The second-order valence-electron chi connectivity index (χ2n) is 12.3. The summed E-state index contributed by atoms with van der Waals surface area (Å²) >= 11 is 0. The van der Waals surface area contributed by atoms with E-state index in [1.54, 1.807) is 12.7 Å². The highest BCUT2D eigenvalue weighted by Gasteiger charge is 2.70. The molecule has 1 aromatic rings. The Labute approximate surface area is 190 Å². The van der Waals surface area contributed by atoms with Crippen LogP contribution in [0.1, 0.15) is 69.4 Å². The van der Waals surface area contributed by atoms with E-state index < -0.39 is 8.32 Å². The number of fused-ring (bicyclic) bond motifs is 7. The van der Waals surface area contributed by atoms with Gasteiger partial charge in [-0.25, -0.2) is 0 Å². The molecule has 4 heteroatoms. The second kappa shape index (κ2) is 7.33. The number of aliphatic hydroxyl groups excluding tert-OH is 1. The zero-order valence-electron chi connectivity index (χ0n) is 20.4. The highest BCUT2D eigenvalue weighted by atomic mass is 28.4. The fourth-order valence-electron chi connectivity index (χ4n) is 8.78. The Hall–Kier alpha value is -0.843. The Morgan fingerprint density at radius 1 is 1.19 bits per heavy atom. The van der Waals surface area contributed by atoms with Crippen LogP contribution in [0.25, 0.3) is 0 Å². The minimum atomic E-state index is -1.73. The average molecular weight is 443 g/mol. The molecule has 0 bridgehead atoms. The quantitative estimate of drug-likeness (QED) is 0.568. The fraction of sp³-hybridized carbons (Fsp3) is 0.778. The van der Waals surface area contributed by atoms with Crippen LogP contribution in [0.4, 0.5) is 0 Å². The number of rotatable bonds is 4. The van der Waals surface area contributed by atoms with Gasteiger partial charge in [0.25, 0.3) is 0 Å². The van der Waals surface area contributed by atoms with Crippen molar-refractivity contribution in [1.29, 1.82) is 0 Å². The molecule has 0 aliphatic heterocycles. The first-order valence-corrected chi connectivity index (χ1v) is 16.1. The molecule has 31 heavy (non-hydrogen) atoms. The van der Waals surface area contributed by atoms with Crippen LogP contribution in [0.15, 0.2) is 18.2 Å². The van der Waals surface area contributed by atoms with Crippen molar-refractivity contribution >= 4 is 8.32 Å². The molecule has 0 radical (unpaired) electrons. The molecule has 3 unspecified atom stereocenters. The van der Waals surface area contributed by atoms with E-state index in [-0.39, 0.29) is 17.1 Å². The third-order valence-electron chi connectivity index (χ3n) is 9.77. The topological polar surface area (TPSA) is 38.7 Å². The molecule has 1 aromatic carbocycles. The van der Waals surface area contributed by atoms with Gasteiger partial charge in [0.15, 0.2) is 8.32 Å². The van der Waals surface area contributed by atoms with Gasteiger partial charge in [-0.15, -0.1) is 0 Å². The van der Waals surface area contributed by atoms with Gasteiger partial charge in [-0.2, -0.15) is 0 Å². The molecule has 0 heterocycles. The van der Waals surface area contributed by atoms with E-state index in [4.69, 9.17) is 9.16 Å². The van der Waals surface area contributed by atoms with E-state index in [0.717, 1.165) is 30.4 Å². The molecule has 3 nitrogen and oxygen atoms in total. The van der Waals surface area contributed by atoms with Gasteiger partial charge in [-0.3, -0.25) is 0 Å². The Kier molecular flexibility index (Phi) is 5.20. The molecule has 8 atom stereocenters. The van der Waals surface area contributed by atoms with Crippen LogP contribution < -0.4 is 4.74 Å². The van der Waals surface area contributed by atoms with Crippen LogP contribution in [0.5, 0.6) is 5.75 Å². The largest absolute Gasteiger partial charge is 0.497 e.